The van der Waals surface area contributed by atoms with E-state index < -0.39 is 16.1 Å². The summed E-state index contributed by atoms with van der Waals surface area (Å²) in [5.41, 5.74) is 0. The van der Waals surface area contributed by atoms with Crippen molar-refractivity contribution >= 4 is 27.7 Å². The van der Waals surface area contributed by atoms with Gasteiger partial charge < -0.3 is 10.1 Å². The van der Waals surface area contributed by atoms with Gasteiger partial charge in [-0.15, -0.1) is 11.6 Å². The van der Waals surface area contributed by atoms with Crippen LogP contribution in [0.15, 0.2) is 0 Å². The Morgan fingerprint density at radius 3 is 1.83 bits per heavy atom. The highest BCUT2D eigenvalue weighted by atomic mass is 35.5. The van der Waals surface area contributed by atoms with Crippen LogP contribution in [0.1, 0.15) is 122 Å². The molecule has 9 heteroatoms. The number of amides is 1. The van der Waals surface area contributed by atoms with Gasteiger partial charge in [-0.25, -0.2) is 17.9 Å². The molecule has 0 heterocycles. The number of hydrogen-bond acceptors (Lipinski definition) is 5. The van der Waals surface area contributed by atoms with Crippen LogP contribution >= 0.6 is 11.6 Å². The highest BCUT2D eigenvalue weighted by molar-refractivity contribution is 7.89. The van der Waals surface area contributed by atoms with Crippen LogP contribution in [0, 0.1) is 17.2 Å². The van der Waals surface area contributed by atoms with Gasteiger partial charge in [-0.3, -0.25) is 0 Å². The number of halogens is 1. The number of unbranched alkanes of at least 4 members (excludes halogenated alkanes) is 15. The van der Waals surface area contributed by atoms with Gasteiger partial charge in [0, 0.05) is 31.3 Å². The van der Waals surface area contributed by atoms with Gasteiger partial charge in [-0.2, -0.15) is 5.26 Å². The van der Waals surface area contributed by atoms with Crippen LogP contribution in [-0.2, 0) is 14.8 Å². The molecule has 0 aliphatic carbocycles. The molecule has 2 N–H and O–H groups in total. The molecule has 0 aliphatic rings. The smallest absolute Gasteiger partial charge is 0.407 e. The fourth-order valence-electron chi connectivity index (χ4n) is 3.99. The van der Waals surface area contributed by atoms with E-state index in [2.05, 4.69) is 17.0 Å². The predicted octanol–water partition coefficient (Wildman–Crippen LogP) is 7.05. The number of carbonyl (C=O) groups excluding carboxylic acids is 1. The van der Waals surface area contributed by atoms with Crippen molar-refractivity contribution < 1.29 is 17.9 Å². The first-order valence-corrected chi connectivity index (χ1v) is 16.4. The molecule has 0 spiro atoms. The Kier molecular flexibility index (Phi) is 24.9. The average Bonchev–Trinajstić information content (AvgIpc) is 2.86. The van der Waals surface area contributed by atoms with Gasteiger partial charge in [0.15, 0.2) is 0 Å². The van der Waals surface area contributed by atoms with Crippen LogP contribution in [0.3, 0.4) is 0 Å². The van der Waals surface area contributed by atoms with E-state index in [0.717, 1.165) is 12.8 Å². The standard InChI is InChI=1S/C27H52ClN3O4S/c1-2-3-4-5-6-7-8-9-10-11-12-13-14-15-16-17-22-30-27(32)35-25-26(19-21-29)24-31-36(33,34)23-18-20-28/h26,31H,2-20,22-25H2,1H3,(H,30,32). The number of nitrogens with zero attached hydrogens (tertiary/aromatic N) is 1. The van der Waals surface area contributed by atoms with Gasteiger partial charge in [0.1, 0.15) is 0 Å². The third kappa shape index (κ3) is 24.6. The van der Waals surface area contributed by atoms with E-state index in [1.165, 1.54) is 89.9 Å². The Hall–Kier alpha value is -1.04. The largest absolute Gasteiger partial charge is 0.449 e. The quantitative estimate of drug-likeness (QED) is 0.0887. The Morgan fingerprint density at radius 2 is 1.36 bits per heavy atom. The highest BCUT2D eigenvalue weighted by Crippen LogP contribution is 2.13. The molecule has 0 radical (unpaired) electrons. The van der Waals surface area contributed by atoms with Crippen molar-refractivity contribution in [1.82, 2.24) is 10.0 Å². The fraction of sp³-hybridized carbons (Fsp3) is 0.926. The summed E-state index contributed by atoms with van der Waals surface area (Å²) in [5.74, 6) is -0.177. The number of rotatable bonds is 26. The molecule has 0 aromatic carbocycles. The molecule has 0 aliphatic heterocycles. The maximum atomic E-state index is 11.9. The molecule has 0 saturated heterocycles. The second-order valence-corrected chi connectivity index (χ2v) is 12.1. The summed E-state index contributed by atoms with van der Waals surface area (Å²) in [6.45, 7) is 2.88. The van der Waals surface area contributed by atoms with Crippen molar-refractivity contribution in [3.63, 3.8) is 0 Å². The molecular formula is C27H52ClN3O4S. The molecule has 36 heavy (non-hydrogen) atoms. The summed E-state index contributed by atoms with van der Waals surface area (Å²) in [4.78, 5) is 11.9. The lowest BCUT2D eigenvalue weighted by Crippen LogP contribution is -2.34. The Balaban J connectivity index is 3.59. The molecule has 1 atom stereocenters. The molecule has 0 saturated carbocycles. The zero-order valence-corrected chi connectivity index (χ0v) is 24.3. The van der Waals surface area contributed by atoms with E-state index in [1.807, 2.05) is 6.07 Å². The number of alkyl carbamates (subject to hydrolysis) is 1. The first-order valence-electron chi connectivity index (χ1n) is 14.3. The molecule has 0 fully saturated rings. The number of carbonyl (C=O) groups is 1. The Labute approximate surface area is 226 Å². The fourth-order valence-corrected chi connectivity index (χ4v) is 5.44. The van der Waals surface area contributed by atoms with Crippen LogP contribution in [0.25, 0.3) is 0 Å². The first-order chi connectivity index (χ1) is 17.4. The van der Waals surface area contributed by atoms with Crippen molar-refractivity contribution in [2.75, 3.05) is 31.3 Å². The zero-order valence-electron chi connectivity index (χ0n) is 22.7. The third-order valence-corrected chi connectivity index (χ3v) is 7.97. The summed E-state index contributed by atoms with van der Waals surface area (Å²) in [5, 5.41) is 11.7. The number of ether oxygens (including phenoxy) is 1. The molecule has 0 aromatic heterocycles. The van der Waals surface area contributed by atoms with E-state index in [4.69, 9.17) is 21.6 Å². The molecular weight excluding hydrogens is 498 g/mol. The van der Waals surface area contributed by atoms with E-state index in [-0.39, 0.29) is 37.1 Å². The lowest BCUT2D eigenvalue weighted by molar-refractivity contribution is 0.128. The second kappa shape index (κ2) is 25.6. The number of nitriles is 1. The van der Waals surface area contributed by atoms with Gasteiger partial charge in [0.2, 0.25) is 10.0 Å². The number of hydrogen-bond donors (Lipinski definition) is 2. The molecule has 0 rings (SSSR count). The molecule has 1 unspecified atom stereocenters. The summed E-state index contributed by atoms with van der Waals surface area (Å²) < 4.78 is 31.3. The van der Waals surface area contributed by atoms with Gasteiger partial charge in [-0.05, 0) is 12.8 Å². The third-order valence-electron chi connectivity index (χ3n) is 6.27. The number of sulfonamides is 1. The minimum atomic E-state index is -3.44. The molecule has 7 nitrogen and oxygen atoms in total. The van der Waals surface area contributed by atoms with Crippen molar-refractivity contribution in [3.05, 3.63) is 0 Å². The van der Waals surface area contributed by atoms with Crippen molar-refractivity contribution in [2.24, 2.45) is 5.92 Å². The summed E-state index contributed by atoms with van der Waals surface area (Å²) in [6.07, 6.45) is 20.8. The van der Waals surface area contributed by atoms with Gasteiger partial charge >= 0.3 is 6.09 Å². The van der Waals surface area contributed by atoms with Crippen LogP contribution in [0.4, 0.5) is 4.79 Å². The Bertz CT molecular complexity index is 656. The zero-order chi connectivity index (χ0) is 26.7. The van der Waals surface area contributed by atoms with E-state index in [0.29, 0.717) is 13.0 Å². The summed E-state index contributed by atoms with van der Waals surface area (Å²) in [7, 11) is -3.44. The lowest BCUT2D eigenvalue weighted by atomic mass is 10.0. The van der Waals surface area contributed by atoms with Crippen LogP contribution in [0.2, 0.25) is 0 Å². The van der Waals surface area contributed by atoms with Crippen molar-refractivity contribution in [3.8, 4) is 6.07 Å². The van der Waals surface area contributed by atoms with E-state index in [9.17, 15) is 13.2 Å². The lowest BCUT2D eigenvalue weighted by Gasteiger charge is -2.15. The maximum absolute atomic E-state index is 11.9. The summed E-state index contributed by atoms with van der Waals surface area (Å²) >= 11 is 5.53. The number of nitrogens with one attached hydrogen (secondary N) is 2. The molecule has 0 bridgehead atoms. The normalized spacial score (nSPS) is 12.2. The summed E-state index contributed by atoms with van der Waals surface area (Å²) in [6, 6.07) is 2.01. The average molecular weight is 550 g/mol. The predicted molar refractivity (Wildman–Crippen MR) is 150 cm³/mol. The van der Waals surface area contributed by atoms with E-state index in [1.54, 1.807) is 0 Å². The number of alkyl halides is 1. The molecule has 1 amide bonds. The molecule has 212 valence electrons. The van der Waals surface area contributed by atoms with E-state index >= 15 is 0 Å². The minimum Gasteiger partial charge on any atom is -0.449 e. The topological polar surface area (TPSA) is 108 Å². The monoisotopic (exact) mass is 549 g/mol. The van der Waals surface area contributed by atoms with Gasteiger partial charge in [-0.1, -0.05) is 103 Å². The SMILES string of the molecule is CCCCCCCCCCCCCCCCCCNC(=O)OCC(CC#N)CNS(=O)(=O)CCCCl. The van der Waals surface area contributed by atoms with Gasteiger partial charge in [0.05, 0.1) is 18.4 Å². The second-order valence-electron chi connectivity index (χ2n) is 9.77. The maximum Gasteiger partial charge on any atom is 0.407 e. The van der Waals surface area contributed by atoms with Crippen LogP contribution in [-0.4, -0.2) is 45.8 Å². The van der Waals surface area contributed by atoms with Crippen molar-refractivity contribution in [1.29, 1.82) is 5.26 Å². The van der Waals surface area contributed by atoms with Crippen LogP contribution < -0.4 is 10.0 Å². The minimum absolute atomic E-state index is 0.00359. The highest BCUT2D eigenvalue weighted by Gasteiger charge is 2.16. The molecule has 0 aromatic rings. The Morgan fingerprint density at radius 1 is 0.861 bits per heavy atom. The first kappa shape index (κ1) is 35.0. The van der Waals surface area contributed by atoms with Crippen LogP contribution in [0.5, 0.6) is 0 Å². The van der Waals surface area contributed by atoms with Crippen molar-refractivity contribution in [2.45, 2.75) is 122 Å². The van der Waals surface area contributed by atoms with Gasteiger partial charge in [0.25, 0.3) is 0 Å².